The molecule has 0 N–H and O–H groups in total. The summed E-state index contributed by atoms with van der Waals surface area (Å²) in [6.45, 7) is 0. The monoisotopic (exact) mass is 714 g/mol. The normalized spacial score (nSPS) is 12.8. The molecule has 0 radical (unpaired) electrons. The first-order valence-electron chi connectivity index (χ1n) is 19.1. The van der Waals surface area contributed by atoms with Gasteiger partial charge in [0.15, 0.2) is 5.82 Å². The lowest BCUT2D eigenvalue weighted by atomic mass is 9.67. The predicted molar refractivity (Wildman–Crippen MR) is 228 cm³/mol. The van der Waals surface area contributed by atoms with Gasteiger partial charge in [0.2, 0.25) is 0 Å². The summed E-state index contributed by atoms with van der Waals surface area (Å²) < 4.78 is 6.69. The van der Waals surface area contributed by atoms with Gasteiger partial charge in [0.25, 0.3) is 0 Å². The number of aromatic nitrogens is 2. The Morgan fingerprint density at radius 3 is 1.52 bits per heavy atom. The molecule has 11 rings (SSSR count). The topological polar surface area (TPSA) is 38.9 Å². The molecule has 2 aromatic heterocycles. The van der Waals surface area contributed by atoms with Crippen molar-refractivity contribution in [3.63, 3.8) is 0 Å². The third kappa shape index (κ3) is 5.05. The number of hydrogen-bond acceptors (Lipinski definition) is 3. The highest BCUT2D eigenvalue weighted by atomic mass is 16.3. The van der Waals surface area contributed by atoms with Crippen molar-refractivity contribution < 1.29 is 4.42 Å². The highest BCUT2D eigenvalue weighted by Crippen LogP contribution is 2.57. The molecule has 0 aliphatic heterocycles. The molecule has 0 saturated heterocycles. The molecule has 0 unspecified atom stereocenters. The maximum atomic E-state index is 6.69. The summed E-state index contributed by atoms with van der Waals surface area (Å²) in [5.41, 5.74) is 16.0. The standard InChI is InChI=1S/C53H34N2O/c1-5-15-36(16-6-1)48-34-49(55-52(54-48)38-17-7-2-8-18-38)37-27-25-35(26-28-37)39-29-30-50-44(31-39)45-32-43-42-23-13-14-24-46(42)53(40-19-9-3-10-20-40,41-21-11-4-12-22-41)47(43)33-51(45)56-50/h1-34H. The summed E-state index contributed by atoms with van der Waals surface area (Å²) >= 11 is 0. The van der Waals surface area contributed by atoms with Gasteiger partial charge in [0.05, 0.1) is 16.8 Å². The maximum absolute atomic E-state index is 6.69. The first kappa shape index (κ1) is 32.1. The SMILES string of the molecule is c1ccc(-c2cc(-c3ccc(-c4ccc5oc6cc7c(cc6c5c4)-c4ccccc4C7(c4ccccc4)c4ccccc4)cc3)nc(-c3ccccc3)n2)cc1. The second kappa shape index (κ2) is 12.9. The first-order valence-corrected chi connectivity index (χ1v) is 19.1. The summed E-state index contributed by atoms with van der Waals surface area (Å²) in [7, 11) is 0. The van der Waals surface area contributed by atoms with Crippen LogP contribution in [0.5, 0.6) is 0 Å². The average Bonchev–Trinajstić information content (AvgIpc) is 3.79. The van der Waals surface area contributed by atoms with Crippen LogP contribution < -0.4 is 0 Å². The number of fused-ring (bicyclic) bond motifs is 6. The van der Waals surface area contributed by atoms with Crippen molar-refractivity contribution in [3.8, 4) is 56.2 Å². The molecule has 3 heteroatoms. The summed E-state index contributed by atoms with van der Waals surface area (Å²) in [4.78, 5) is 10.0. The van der Waals surface area contributed by atoms with E-state index < -0.39 is 5.41 Å². The van der Waals surface area contributed by atoms with Crippen LogP contribution in [0.3, 0.4) is 0 Å². The van der Waals surface area contributed by atoms with Crippen molar-refractivity contribution >= 4 is 21.9 Å². The Bertz CT molecular complexity index is 2950. The van der Waals surface area contributed by atoms with Crippen LogP contribution in [-0.2, 0) is 5.41 Å². The van der Waals surface area contributed by atoms with E-state index in [1.54, 1.807) is 0 Å². The van der Waals surface area contributed by atoms with Gasteiger partial charge in [0, 0.05) is 27.5 Å². The Balaban J connectivity index is 1.02. The van der Waals surface area contributed by atoms with Crippen LogP contribution >= 0.6 is 0 Å². The molecule has 0 amide bonds. The Hall–Kier alpha value is -7.36. The van der Waals surface area contributed by atoms with Crippen molar-refractivity contribution in [1.29, 1.82) is 0 Å². The maximum Gasteiger partial charge on any atom is 0.160 e. The molecule has 2 heterocycles. The molecule has 0 bridgehead atoms. The summed E-state index contributed by atoms with van der Waals surface area (Å²) in [6.07, 6.45) is 0. The van der Waals surface area contributed by atoms with Crippen molar-refractivity contribution in [1.82, 2.24) is 9.97 Å². The smallest absolute Gasteiger partial charge is 0.160 e. The second-order valence-electron chi connectivity index (χ2n) is 14.5. The summed E-state index contributed by atoms with van der Waals surface area (Å²) in [6, 6.07) is 73.2. The van der Waals surface area contributed by atoms with E-state index in [9.17, 15) is 0 Å². The Morgan fingerprint density at radius 2 is 0.857 bits per heavy atom. The summed E-state index contributed by atoms with van der Waals surface area (Å²) in [5, 5.41) is 2.22. The van der Waals surface area contributed by atoms with Gasteiger partial charge in [-0.25, -0.2) is 9.97 Å². The molecule has 0 saturated carbocycles. The van der Waals surface area contributed by atoms with E-state index in [1.165, 1.54) is 33.4 Å². The molecule has 10 aromatic rings. The van der Waals surface area contributed by atoms with Crippen LogP contribution in [0, 0.1) is 0 Å². The fourth-order valence-electron chi connectivity index (χ4n) is 8.79. The third-order valence-corrected chi connectivity index (χ3v) is 11.4. The van der Waals surface area contributed by atoms with Crippen molar-refractivity contribution in [3.05, 3.63) is 229 Å². The quantitative estimate of drug-likeness (QED) is 0.172. The molecule has 1 aliphatic rings. The van der Waals surface area contributed by atoms with Gasteiger partial charge in [-0.15, -0.1) is 0 Å². The molecule has 0 fully saturated rings. The van der Waals surface area contributed by atoms with Crippen LogP contribution in [0.25, 0.3) is 78.1 Å². The van der Waals surface area contributed by atoms with E-state index in [2.05, 4.69) is 170 Å². The number of hydrogen-bond donors (Lipinski definition) is 0. The van der Waals surface area contributed by atoms with Crippen molar-refractivity contribution in [2.45, 2.75) is 5.41 Å². The molecular weight excluding hydrogens is 681 g/mol. The number of benzene rings is 8. The van der Waals surface area contributed by atoms with Gasteiger partial charge in [-0.2, -0.15) is 0 Å². The first-order chi connectivity index (χ1) is 27.7. The van der Waals surface area contributed by atoms with Crippen LogP contribution in [-0.4, -0.2) is 9.97 Å². The zero-order valence-electron chi connectivity index (χ0n) is 30.4. The largest absolute Gasteiger partial charge is 0.456 e. The zero-order chi connectivity index (χ0) is 37.1. The van der Waals surface area contributed by atoms with Gasteiger partial charge in [-0.3, -0.25) is 0 Å². The predicted octanol–water partition coefficient (Wildman–Crippen LogP) is 13.4. The van der Waals surface area contributed by atoms with Crippen LogP contribution in [0.15, 0.2) is 211 Å². The minimum atomic E-state index is -0.470. The van der Waals surface area contributed by atoms with Crippen molar-refractivity contribution in [2.24, 2.45) is 0 Å². The van der Waals surface area contributed by atoms with Gasteiger partial charge in [0.1, 0.15) is 11.2 Å². The lowest BCUT2D eigenvalue weighted by molar-refractivity contribution is 0.666. The zero-order valence-corrected chi connectivity index (χ0v) is 30.4. The van der Waals surface area contributed by atoms with E-state index in [0.717, 1.165) is 61.1 Å². The molecule has 56 heavy (non-hydrogen) atoms. The lowest BCUT2D eigenvalue weighted by Crippen LogP contribution is -2.28. The van der Waals surface area contributed by atoms with Crippen LogP contribution in [0.4, 0.5) is 0 Å². The number of rotatable bonds is 6. The van der Waals surface area contributed by atoms with E-state index in [0.29, 0.717) is 5.82 Å². The summed E-state index contributed by atoms with van der Waals surface area (Å²) in [5.74, 6) is 0.710. The molecule has 8 aromatic carbocycles. The Kier molecular flexibility index (Phi) is 7.39. The molecule has 0 atom stereocenters. The lowest BCUT2D eigenvalue weighted by Gasteiger charge is -2.33. The molecular formula is C53H34N2O. The average molecular weight is 715 g/mol. The Labute approximate surface area is 325 Å². The van der Waals surface area contributed by atoms with E-state index in [4.69, 9.17) is 14.4 Å². The molecule has 0 spiro atoms. The fraction of sp³-hybridized carbons (Fsp3) is 0.0189. The van der Waals surface area contributed by atoms with Gasteiger partial charge in [-0.05, 0) is 74.8 Å². The van der Waals surface area contributed by atoms with E-state index >= 15 is 0 Å². The molecule has 3 nitrogen and oxygen atoms in total. The second-order valence-corrected chi connectivity index (χ2v) is 14.5. The number of nitrogens with zero attached hydrogens (tertiary/aromatic N) is 2. The van der Waals surface area contributed by atoms with Crippen LogP contribution in [0.2, 0.25) is 0 Å². The van der Waals surface area contributed by atoms with E-state index in [-0.39, 0.29) is 0 Å². The van der Waals surface area contributed by atoms with Gasteiger partial charge >= 0.3 is 0 Å². The minimum Gasteiger partial charge on any atom is -0.456 e. The number of furan rings is 1. The highest BCUT2D eigenvalue weighted by molar-refractivity contribution is 6.09. The third-order valence-electron chi connectivity index (χ3n) is 11.4. The van der Waals surface area contributed by atoms with Crippen molar-refractivity contribution in [2.75, 3.05) is 0 Å². The van der Waals surface area contributed by atoms with E-state index in [1.807, 2.05) is 36.4 Å². The highest BCUT2D eigenvalue weighted by Gasteiger charge is 2.46. The molecule has 1 aliphatic carbocycles. The Morgan fingerprint density at radius 1 is 0.339 bits per heavy atom. The van der Waals surface area contributed by atoms with Gasteiger partial charge in [-0.1, -0.05) is 176 Å². The van der Waals surface area contributed by atoms with Gasteiger partial charge < -0.3 is 4.42 Å². The molecule has 262 valence electrons. The van der Waals surface area contributed by atoms with Crippen LogP contribution in [0.1, 0.15) is 22.3 Å². The minimum absolute atomic E-state index is 0.470. The fourth-order valence-corrected chi connectivity index (χ4v) is 8.79.